The number of hydrogen-bond donors (Lipinski definition) is 1. The molecule has 6 heteroatoms. The monoisotopic (exact) mass is 371 g/mol. The van der Waals surface area contributed by atoms with Gasteiger partial charge in [-0.15, -0.1) is 0 Å². The van der Waals surface area contributed by atoms with Crippen molar-refractivity contribution in [1.82, 2.24) is 5.32 Å². The zero-order chi connectivity index (χ0) is 18.3. The van der Waals surface area contributed by atoms with E-state index in [2.05, 4.69) is 5.32 Å². The molecular formula is C20H18ClNO4. The molecule has 2 heterocycles. The summed E-state index contributed by atoms with van der Waals surface area (Å²) in [7, 11) is 0. The molecule has 1 aliphatic rings. The number of carbonyl (C=O) groups excluding carboxylic acids is 1. The lowest BCUT2D eigenvalue weighted by atomic mass is 10.1. The normalized spacial score (nSPS) is 14.3. The van der Waals surface area contributed by atoms with Gasteiger partial charge >= 0.3 is 0 Å². The van der Waals surface area contributed by atoms with Crippen LogP contribution in [0.2, 0.25) is 5.02 Å². The predicted octanol–water partition coefficient (Wildman–Crippen LogP) is 4.66. The van der Waals surface area contributed by atoms with Crippen LogP contribution in [0, 0.1) is 6.92 Å². The highest BCUT2D eigenvalue weighted by Gasteiger charge is 2.21. The number of carbonyl (C=O) groups is 1. The molecule has 0 spiro atoms. The molecule has 134 valence electrons. The van der Waals surface area contributed by atoms with Gasteiger partial charge in [-0.2, -0.15) is 0 Å². The van der Waals surface area contributed by atoms with Crippen LogP contribution < -0.4 is 14.8 Å². The number of rotatable bonds is 3. The first-order chi connectivity index (χ1) is 12.5. The average Bonchev–Trinajstić information content (AvgIpc) is 2.97. The standard InChI is InChI=1S/C20H18ClNO4/c1-11-15-10-14(21)4-6-16(15)26-19(11)20(23)22-12(2)13-3-5-17-18(9-13)25-8-7-24-17/h3-6,9-10,12H,7-8H2,1-2H3,(H,22,23). The van der Waals surface area contributed by atoms with Crippen LogP contribution >= 0.6 is 11.6 Å². The number of ether oxygens (including phenoxy) is 2. The highest BCUT2D eigenvalue weighted by molar-refractivity contribution is 6.31. The summed E-state index contributed by atoms with van der Waals surface area (Å²) in [6.07, 6.45) is 0. The Morgan fingerprint density at radius 2 is 1.88 bits per heavy atom. The van der Waals surface area contributed by atoms with E-state index in [0.717, 1.165) is 22.3 Å². The molecule has 26 heavy (non-hydrogen) atoms. The van der Waals surface area contributed by atoms with Crippen molar-refractivity contribution < 1.29 is 18.7 Å². The molecule has 0 saturated heterocycles. The third kappa shape index (κ3) is 2.99. The molecule has 4 rings (SSSR count). The molecule has 0 bridgehead atoms. The number of aryl methyl sites for hydroxylation is 1. The molecule has 1 N–H and O–H groups in total. The Morgan fingerprint density at radius 1 is 1.12 bits per heavy atom. The second-order valence-electron chi connectivity index (χ2n) is 6.29. The van der Waals surface area contributed by atoms with Crippen LogP contribution in [0.15, 0.2) is 40.8 Å². The summed E-state index contributed by atoms with van der Waals surface area (Å²) in [6, 6.07) is 10.8. The summed E-state index contributed by atoms with van der Waals surface area (Å²) < 4.78 is 16.9. The third-order valence-electron chi connectivity index (χ3n) is 4.52. The summed E-state index contributed by atoms with van der Waals surface area (Å²) in [5, 5.41) is 4.43. The molecular weight excluding hydrogens is 354 g/mol. The Balaban J connectivity index is 1.57. The lowest BCUT2D eigenvalue weighted by Gasteiger charge is -2.21. The fourth-order valence-electron chi connectivity index (χ4n) is 3.08. The minimum absolute atomic E-state index is 0.213. The minimum atomic E-state index is -0.266. The zero-order valence-electron chi connectivity index (χ0n) is 14.5. The van der Waals surface area contributed by atoms with Crippen molar-refractivity contribution in [1.29, 1.82) is 0 Å². The Morgan fingerprint density at radius 3 is 2.69 bits per heavy atom. The second-order valence-corrected chi connectivity index (χ2v) is 6.73. The van der Waals surface area contributed by atoms with E-state index < -0.39 is 0 Å². The van der Waals surface area contributed by atoms with Gasteiger partial charge < -0.3 is 19.2 Å². The molecule has 0 aliphatic carbocycles. The van der Waals surface area contributed by atoms with Gasteiger partial charge in [0, 0.05) is 16.0 Å². The number of halogens is 1. The molecule has 0 radical (unpaired) electrons. The predicted molar refractivity (Wildman–Crippen MR) is 99.3 cm³/mol. The highest BCUT2D eigenvalue weighted by atomic mass is 35.5. The molecule has 5 nitrogen and oxygen atoms in total. The van der Waals surface area contributed by atoms with Crippen LogP contribution in [-0.4, -0.2) is 19.1 Å². The lowest BCUT2D eigenvalue weighted by Crippen LogP contribution is -2.27. The van der Waals surface area contributed by atoms with Crippen molar-refractivity contribution in [2.24, 2.45) is 0 Å². The molecule has 1 aromatic heterocycles. The number of amides is 1. The highest BCUT2D eigenvalue weighted by Crippen LogP contribution is 2.33. The molecule has 2 aromatic carbocycles. The Hall–Kier alpha value is -2.66. The topological polar surface area (TPSA) is 60.7 Å². The summed E-state index contributed by atoms with van der Waals surface area (Å²) >= 11 is 6.04. The van der Waals surface area contributed by atoms with Gasteiger partial charge in [-0.1, -0.05) is 17.7 Å². The fraction of sp³-hybridized carbons (Fsp3) is 0.250. The van der Waals surface area contributed by atoms with E-state index in [-0.39, 0.29) is 11.9 Å². The van der Waals surface area contributed by atoms with Crippen LogP contribution in [0.25, 0.3) is 11.0 Å². The molecule has 0 fully saturated rings. The van der Waals surface area contributed by atoms with E-state index in [1.165, 1.54) is 0 Å². The molecule has 3 aromatic rings. The van der Waals surface area contributed by atoms with Crippen LogP contribution in [0.4, 0.5) is 0 Å². The van der Waals surface area contributed by atoms with Gasteiger partial charge in [0.2, 0.25) is 0 Å². The summed E-state index contributed by atoms with van der Waals surface area (Å²) in [4.78, 5) is 12.7. The quantitative estimate of drug-likeness (QED) is 0.727. The van der Waals surface area contributed by atoms with Crippen LogP contribution in [0.1, 0.15) is 34.6 Å². The van der Waals surface area contributed by atoms with E-state index in [4.69, 9.17) is 25.5 Å². The van der Waals surface area contributed by atoms with Gasteiger partial charge in [0.15, 0.2) is 17.3 Å². The SMILES string of the molecule is Cc1c(C(=O)NC(C)c2ccc3c(c2)OCCO3)oc2ccc(Cl)cc12. The number of furan rings is 1. The number of nitrogens with one attached hydrogen (secondary N) is 1. The maximum absolute atomic E-state index is 12.7. The smallest absolute Gasteiger partial charge is 0.287 e. The van der Waals surface area contributed by atoms with E-state index in [1.54, 1.807) is 18.2 Å². The molecule has 1 atom stereocenters. The third-order valence-corrected chi connectivity index (χ3v) is 4.75. The van der Waals surface area contributed by atoms with Crippen molar-refractivity contribution in [2.45, 2.75) is 19.9 Å². The Labute approximate surface area is 155 Å². The Kier molecular flexibility index (Phi) is 4.24. The fourth-order valence-corrected chi connectivity index (χ4v) is 3.26. The van der Waals surface area contributed by atoms with Gasteiger partial charge in [0.25, 0.3) is 5.91 Å². The van der Waals surface area contributed by atoms with Crippen molar-refractivity contribution in [3.8, 4) is 11.5 Å². The average molecular weight is 372 g/mol. The summed E-state index contributed by atoms with van der Waals surface area (Å²) in [5.74, 6) is 1.46. The van der Waals surface area contributed by atoms with Crippen molar-refractivity contribution in [2.75, 3.05) is 13.2 Å². The van der Waals surface area contributed by atoms with E-state index in [1.807, 2.05) is 32.0 Å². The van der Waals surface area contributed by atoms with Crippen LogP contribution in [0.5, 0.6) is 11.5 Å². The van der Waals surface area contributed by atoms with Gasteiger partial charge in [0.1, 0.15) is 18.8 Å². The first kappa shape index (κ1) is 16.8. The van der Waals surface area contributed by atoms with Crippen molar-refractivity contribution >= 4 is 28.5 Å². The van der Waals surface area contributed by atoms with Gasteiger partial charge in [-0.05, 0) is 49.7 Å². The Bertz CT molecular complexity index is 995. The van der Waals surface area contributed by atoms with Gasteiger partial charge in [-0.25, -0.2) is 0 Å². The summed E-state index contributed by atoms with van der Waals surface area (Å²) in [5.41, 5.74) is 2.35. The minimum Gasteiger partial charge on any atom is -0.486 e. The van der Waals surface area contributed by atoms with Crippen molar-refractivity contribution in [3.05, 3.63) is 58.3 Å². The number of hydrogen-bond acceptors (Lipinski definition) is 4. The van der Waals surface area contributed by atoms with Crippen molar-refractivity contribution in [3.63, 3.8) is 0 Å². The van der Waals surface area contributed by atoms with Gasteiger partial charge in [0.05, 0.1) is 6.04 Å². The second kappa shape index (κ2) is 6.57. The van der Waals surface area contributed by atoms with E-state index in [0.29, 0.717) is 35.3 Å². The number of fused-ring (bicyclic) bond motifs is 2. The maximum Gasteiger partial charge on any atom is 0.287 e. The molecule has 0 saturated carbocycles. The van der Waals surface area contributed by atoms with Crippen LogP contribution in [-0.2, 0) is 0 Å². The first-order valence-electron chi connectivity index (χ1n) is 8.42. The largest absolute Gasteiger partial charge is 0.486 e. The zero-order valence-corrected chi connectivity index (χ0v) is 15.2. The van der Waals surface area contributed by atoms with Crippen LogP contribution in [0.3, 0.4) is 0 Å². The van der Waals surface area contributed by atoms with E-state index >= 15 is 0 Å². The maximum atomic E-state index is 12.7. The molecule has 1 unspecified atom stereocenters. The molecule has 1 amide bonds. The number of benzene rings is 2. The molecule has 1 aliphatic heterocycles. The first-order valence-corrected chi connectivity index (χ1v) is 8.80. The summed E-state index contributed by atoms with van der Waals surface area (Å²) in [6.45, 7) is 4.84. The van der Waals surface area contributed by atoms with Gasteiger partial charge in [-0.3, -0.25) is 4.79 Å². The lowest BCUT2D eigenvalue weighted by molar-refractivity contribution is 0.0913. The van der Waals surface area contributed by atoms with E-state index in [9.17, 15) is 4.79 Å².